The smallest absolute Gasteiger partial charge is 0.263 e. The number of thiophene rings is 1. The number of carbonyl (C=O) groups excluding carboxylic acids is 1. The molecule has 1 atom stereocenters. The van der Waals surface area contributed by atoms with Gasteiger partial charge in [0.15, 0.2) is 0 Å². The van der Waals surface area contributed by atoms with E-state index in [-0.39, 0.29) is 12.5 Å². The van der Waals surface area contributed by atoms with Gasteiger partial charge in [0, 0.05) is 13.1 Å². The molecule has 3 nitrogen and oxygen atoms in total. The van der Waals surface area contributed by atoms with Crippen LogP contribution in [0.4, 0.5) is 0 Å². The maximum Gasteiger partial charge on any atom is 0.263 e. The van der Waals surface area contributed by atoms with Crippen LogP contribution in [0.15, 0.2) is 40.6 Å². The van der Waals surface area contributed by atoms with E-state index in [2.05, 4.69) is 25.1 Å². The summed E-state index contributed by atoms with van der Waals surface area (Å²) in [4.78, 5) is 15.5. The van der Waals surface area contributed by atoms with Crippen LogP contribution in [-0.4, -0.2) is 34.8 Å². The topological polar surface area (TPSA) is 40.5 Å². The van der Waals surface area contributed by atoms with Crippen LogP contribution >= 0.6 is 23.1 Å². The second-order valence-electron chi connectivity index (χ2n) is 6.14. The van der Waals surface area contributed by atoms with Gasteiger partial charge in [0.25, 0.3) is 5.91 Å². The number of aliphatic hydroxyl groups is 1. The predicted molar refractivity (Wildman–Crippen MR) is 101 cm³/mol. The van der Waals surface area contributed by atoms with Gasteiger partial charge in [-0.25, -0.2) is 0 Å². The molecule has 1 aliphatic heterocycles. The summed E-state index contributed by atoms with van der Waals surface area (Å²) in [5.74, 6) is 1.74. The molecule has 1 amide bonds. The molecule has 2 aromatic rings. The minimum atomic E-state index is 0.0884. The van der Waals surface area contributed by atoms with Crippen LogP contribution in [0, 0.1) is 5.92 Å². The van der Waals surface area contributed by atoms with E-state index in [0.717, 1.165) is 42.1 Å². The van der Waals surface area contributed by atoms with Crippen molar-refractivity contribution in [3.63, 3.8) is 0 Å². The summed E-state index contributed by atoms with van der Waals surface area (Å²) in [6, 6.07) is 12.2. The highest BCUT2D eigenvalue weighted by Gasteiger charge is 2.27. The zero-order valence-corrected chi connectivity index (χ0v) is 15.5. The molecule has 1 aromatic heterocycles. The maximum absolute atomic E-state index is 12.6. The lowest BCUT2D eigenvalue weighted by Crippen LogP contribution is -2.28. The molecule has 1 aliphatic rings. The van der Waals surface area contributed by atoms with E-state index >= 15 is 0 Å². The van der Waals surface area contributed by atoms with Crippen molar-refractivity contribution in [3.05, 3.63) is 52.4 Å². The number of likely N-dealkylation sites (tertiary alicyclic amines) is 1. The van der Waals surface area contributed by atoms with Crippen molar-refractivity contribution < 1.29 is 9.90 Å². The van der Waals surface area contributed by atoms with E-state index in [1.54, 1.807) is 23.1 Å². The largest absolute Gasteiger partial charge is 0.392 e. The fourth-order valence-corrected chi connectivity index (χ4v) is 5.12. The minimum absolute atomic E-state index is 0.0884. The number of benzene rings is 1. The molecule has 0 radical (unpaired) electrons. The molecule has 24 heavy (non-hydrogen) atoms. The Labute approximate surface area is 151 Å². The third kappa shape index (κ3) is 4.21. The molecule has 1 aromatic carbocycles. The molecule has 3 rings (SSSR count). The van der Waals surface area contributed by atoms with Gasteiger partial charge in [-0.15, -0.1) is 23.1 Å². The molecule has 128 valence electrons. The highest BCUT2D eigenvalue weighted by molar-refractivity contribution is 8.01. The Morgan fingerprint density at radius 3 is 2.71 bits per heavy atom. The van der Waals surface area contributed by atoms with Crippen LogP contribution in [0.2, 0.25) is 0 Å². The second-order valence-corrected chi connectivity index (χ2v) is 8.78. The van der Waals surface area contributed by atoms with Crippen molar-refractivity contribution in [2.24, 2.45) is 5.92 Å². The van der Waals surface area contributed by atoms with Gasteiger partial charge in [-0.2, -0.15) is 0 Å². The van der Waals surface area contributed by atoms with Gasteiger partial charge < -0.3 is 10.0 Å². The number of aliphatic hydroxyl groups excluding tert-OH is 1. The molecular formula is C19H23NO2S2. The first-order valence-corrected chi connectivity index (χ1v) is 10.2. The highest BCUT2D eigenvalue weighted by Crippen LogP contribution is 2.29. The Bertz CT molecular complexity index is 681. The molecule has 1 fully saturated rings. The zero-order valence-electron chi connectivity index (χ0n) is 13.9. The highest BCUT2D eigenvalue weighted by atomic mass is 32.2. The van der Waals surface area contributed by atoms with Crippen molar-refractivity contribution in [2.45, 2.75) is 30.6 Å². The lowest BCUT2D eigenvalue weighted by molar-refractivity contribution is 0.0792. The first-order valence-electron chi connectivity index (χ1n) is 8.40. The Morgan fingerprint density at radius 1 is 1.25 bits per heavy atom. The van der Waals surface area contributed by atoms with Gasteiger partial charge in [-0.3, -0.25) is 4.79 Å². The number of hydrogen-bond donors (Lipinski definition) is 1. The Kier molecular flexibility index (Phi) is 5.98. The third-order valence-corrected chi connectivity index (χ3v) is 6.56. The molecule has 1 saturated heterocycles. The minimum Gasteiger partial charge on any atom is -0.392 e. The molecule has 0 unspecified atom stereocenters. The average molecular weight is 362 g/mol. The fourth-order valence-electron chi connectivity index (χ4n) is 3.11. The lowest BCUT2D eigenvalue weighted by atomic mass is 9.98. The SMILES string of the molecule is CCSc1ccc(C(=O)N2CC[C@H](Cc3ccc(CO)cc3)C2)s1. The van der Waals surface area contributed by atoms with Gasteiger partial charge in [0.2, 0.25) is 0 Å². The molecule has 5 heteroatoms. The van der Waals surface area contributed by atoms with E-state index in [0.29, 0.717) is 5.92 Å². The van der Waals surface area contributed by atoms with Crippen LogP contribution in [0.25, 0.3) is 0 Å². The van der Waals surface area contributed by atoms with E-state index in [1.807, 2.05) is 23.1 Å². The van der Waals surface area contributed by atoms with E-state index in [4.69, 9.17) is 5.11 Å². The molecule has 2 heterocycles. The molecule has 0 aliphatic carbocycles. The number of amides is 1. The quantitative estimate of drug-likeness (QED) is 0.789. The maximum atomic E-state index is 12.6. The molecule has 1 N–H and O–H groups in total. The first-order chi connectivity index (χ1) is 11.7. The van der Waals surface area contributed by atoms with Crippen LogP contribution in [0.3, 0.4) is 0 Å². The normalized spacial score (nSPS) is 17.4. The number of nitrogens with zero attached hydrogens (tertiary/aromatic N) is 1. The van der Waals surface area contributed by atoms with Crippen LogP contribution in [-0.2, 0) is 13.0 Å². The fraction of sp³-hybridized carbons (Fsp3) is 0.421. The summed E-state index contributed by atoms with van der Waals surface area (Å²) in [7, 11) is 0. The van der Waals surface area contributed by atoms with E-state index < -0.39 is 0 Å². The standard InChI is InChI=1S/C19H23NO2S2/c1-2-23-18-8-7-17(24-18)19(22)20-10-9-16(12-20)11-14-3-5-15(13-21)6-4-14/h3-8,16,21H,2,9-13H2,1H3/t16-/m1/s1. The van der Waals surface area contributed by atoms with Gasteiger partial charge in [-0.1, -0.05) is 31.2 Å². The van der Waals surface area contributed by atoms with Gasteiger partial charge in [0.1, 0.15) is 0 Å². The first kappa shape index (κ1) is 17.5. The number of hydrogen-bond acceptors (Lipinski definition) is 4. The second kappa shape index (κ2) is 8.19. The van der Waals surface area contributed by atoms with Crippen molar-refractivity contribution in [1.82, 2.24) is 4.90 Å². The monoisotopic (exact) mass is 361 g/mol. The Hall–Kier alpha value is -1.30. The Morgan fingerprint density at radius 2 is 2.00 bits per heavy atom. The number of rotatable bonds is 6. The molecular weight excluding hydrogens is 338 g/mol. The van der Waals surface area contributed by atoms with Gasteiger partial charge in [0.05, 0.1) is 15.7 Å². The summed E-state index contributed by atoms with van der Waals surface area (Å²) in [5.41, 5.74) is 2.23. The van der Waals surface area contributed by atoms with E-state index in [1.165, 1.54) is 9.77 Å². The summed E-state index contributed by atoms with van der Waals surface area (Å²) < 4.78 is 1.22. The summed E-state index contributed by atoms with van der Waals surface area (Å²) >= 11 is 3.40. The third-order valence-electron chi connectivity index (χ3n) is 4.38. The summed E-state index contributed by atoms with van der Waals surface area (Å²) in [5, 5.41) is 9.11. The predicted octanol–water partition coefficient (Wildman–Crippen LogP) is 4.06. The van der Waals surface area contributed by atoms with Gasteiger partial charge in [-0.05, 0) is 47.8 Å². The molecule has 0 bridgehead atoms. The zero-order chi connectivity index (χ0) is 16.9. The molecule has 0 saturated carbocycles. The van der Waals surface area contributed by atoms with Crippen LogP contribution in [0.5, 0.6) is 0 Å². The van der Waals surface area contributed by atoms with Crippen molar-refractivity contribution in [3.8, 4) is 0 Å². The summed E-state index contributed by atoms with van der Waals surface area (Å²) in [6.07, 6.45) is 2.06. The van der Waals surface area contributed by atoms with Crippen molar-refractivity contribution in [2.75, 3.05) is 18.8 Å². The van der Waals surface area contributed by atoms with E-state index in [9.17, 15) is 4.79 Å². The van der Waals surface area contributed by atoms with Crippen LogP contribution in [0.1, 0.15) is 34.1 Å². The molecule has 0 spiro atoms. The number of thioether (sulfide) groups is 1. The average Bonchev–Trinajstić information content (AvgIpc) is 3.25. The number of carbonyl (C=O) groups is 1. The van der Waals surface area contributed by atoms with Crippen molar-refractivity contribution >= 4 is 29.0 Å². The lowest BCUT2D eigenvalue weighted by Gasteiger charge is -2.15. The van der Waals surface area contributed by atoms with Gasteiger partial charge >= 0.3 is 0 Å². The Balaban J connectivity index is 1.56. The summed E-state index contributed by atoms with van der Waals surface area (Å²) in [6.45, 7) is 3.91. The van der Waals surface area contributed by atoms with Crippen LogP contribution < -0.4 is 0 Å². The van der Waals surface area contributed by atoms with Crippen molar-refractivity contribution in [1.29, 1.82) is 0 Å².